The summed E-state index contributed by atoms with van der Waals surface area (Å²) < 4.78 is 3.67. The maximum Gasteiger partial charge on any atom is 0.187 e. The molecule has 0 atom stereocenters. The second kappa shape index (κ2) is 12.5. The minimum Gasteiger partial charge on any atom is -0.358 e. The molecule has 37 heavy (non-hydrogen) atoms. The summed E-state index contributed by atoms with van der Waals surface area (Å²) in [6.45, 7) is 7.97. The van der Waals surface area contributed by atoms with Crippen molar-refractivity contribution in [2.75, 3.05) is 6.54 Å². The first-order valence-corrected chi connectivity index (χ1v) is 13.9. The van der Waals surface area contributed by atoms with Crippen LogP contribution < -0.4 is 10.7 Å². The normalized spacial score (nSPS) is 11.0. The second-order valence-electron chi connectivity index (χ2n) is 7.76. The van der Waals surface area contributed by atoms with Crippen LogP contribution in [-0.2, 0) is 0 Å². The van der Waals surface area contributed by atoms with E-state index in [1.54, 1.807) is 17.0 Å². The lowest BCUT2D eigenvalue weighted by atomic mass is 10.3. The number of carbonyl (C=O) groups excluding carboxylic acids is 1. The molecular formula is C26H25N7OS3. The maximum absolute atomic E-state index is 12.0. The van der Waals surface area contributed by atoms with Crippen LogP contribution in [0, 0.1) is 13.8 Å². The van der Waals surface area contributed by atoms with E-state index in [2.05, 4.69) is 27.5 Å². The molecule has 0 radical (unpaired) electrons. The molecule has 0 aliphatic carbocycles. The molecule has 11 heteroatoms. The molecule has 4 rings (SSSR count). The molecule has 0 aliphatic heterocycles. The van der Waals surface area contributed by atoms with Crippen molar-refractivity contribution in [3.63, 3.8) is 0 Å². The van der Waals surface area contributed by atoms with Gasteiger partial charge in [-0.3, -0.25) is 10.2 Å². The fourth-order valence-electron chi connectivity index (χ4n) is 3.41. The van der Waals surface area contributed by atoms with Gasteiger partial charge in [-0.15, -0.1) is 6.58 Å². The average molecular weight is 548 g/mol. The number of rotatable bonds is 10. The molecule has 0 bridgehead atoms. The minimum absolute atomic E-state index is 0.394. The number of aryl methyl sites for hydroxylation is 2. The van der Waals surface area contributed by atoms with Crippen molar-refractivity contribution in [2.45, 2.75) is 23.9 Å². The van der Waals surface area contributed by atoms with Crippen molar-refractivity contribution in [3.05, 3.63) is 95.8 Å². The van der Waals surface area contributed by atoms with Gasteiger partial charge in [-0.05, 0) is 71.9 Å². The van der Waals surface area contributed by atoms with Crippen molar-refractivity contribution < 1.29 is 4.79 Å². The summed E-state index contributed by atoms with van der Waals surface area (Å²) in [5, 5.41) is 18.7. The van der Waals surface area contributed by atoms with Crippen molar-refractivity contribution in [2.24, 2.45) is 5.10 Å². The number of nitrogens with one attached hydrogen (secondary N) is 2. The van der Waals surface area contributed by atoms with Crippen LogP contribution in [0.3, 0.4) is 0 Å². The number of aldehydes is 1. The summed E-state index contributed by atoms with van der Waals surface area (Å²) >= 11 is 5.23. The SMILES string of the molecule is C=CCNC(=S)NN=Cc1c(C)nn(-c2ccccc2)c1SSc1c(C=O)c(C)nn1-c1ccccc1. The summed E-state index contributed by atoms with van der Waals surface area (Å²) in [6.07, 6.45) is 4.27. The minimum atomic E-state index is 0.394. The summed E-state index contributed by atoms with van der Waals surface area (Å²) in [5.41, 5.74) is 7.46. The molecule has 188 valence electrons. The van der Waals surface area contributed by atoms with E-state index in [1.807, 2.05) is 79.2 Å². The van der Waals surface area contributed by atoms with Crippen molar-refractivity contribution in [1.29, 1.82) is 0 Å². The molecule has 0 aliphatic rings. The maximum atomic E-state index is 12.0. The first-order chi connectivity index (χ1) is 18.0. The van der Waals surface area contributed by atoms with Crippen LogP contribution in [0.25, 0.3) is 11.4 Å². The molecule has 2 heterocycles. The molecule has 0 saturated heterocycles. The molecule has 2 aromatic heterocycles. The molecule has 0 amide bonds. The van der Waals surface area contributed by atoms with E-state index >= 15 is 0 Å². The highest BCUT2D eigenvalue weighted by molar-refractivity contribution is 8.76. The zero-order chi connectivity index (χ0) is 26.2. The number of hydrogen-bond acceptors (Lipinski definition) is 7. The van der Waals surface area contributed by atoms with Crippen molar-refractivity contribution in [3.8, 4) is 11.4 Å². The largest absolute Gasteiger partial charge is 0.358 e. The fraction of sp³-hybridized carbons (Fsp3) is 0.115. The highest BCUT2D eigenvalue weighted by Gasteiger charge is 2.21. The van der Waals surface area contributed by atoms with Gasteiger partial charge >= 0.3 is 0 Å². The topological polar surface area (TPSA) is 89.1 Å². The molecule has 0 spiro atoms. The van der Waals surface area contributed by atoms with E-state index in [9.17, 15) is 4.79 Å². The summed E-state index contributed by atoms with van der Waals surface area (Å²) in [5.74, 6) is 0. The Morgan fingerprint density at radius 3 is 1.97 bits per heavy atom. The molecule has 0 unspecified atom stereocenters. The monoisotopic (exact) mass is 547 g/mol. The Kier molecular flexibility index (Phi) is 8.94. The third kappa shape index (κ3) is 6.19. The van der Waals surface area contributed by atoms with Crippen molar-refractivity contribution >= 4 is 51.4 Å². The number of carbonyl (C=O) groups is 1. The molecular weight excluding hydrogens is 523 g/mol. The lowest BCUT2D eigenvalue weighted by Crippen LogP contribution is -2.31. The predicted octanol–water partition coefficient (Wildman–Crippen LogP) is 5.27. The van der Waals surface area contributed by atoms with Crippen LogP contribution in [0.15, 0.2) is 88.5 Å². The fourth-order valence-corrected chi connectivity index (χ4v) is 6.15. The van der Waals surface area contributed by atoms with Crippen LogP contribution >= 0.6 is 33.8 Å². The van der Waals surface area contributed by atoms with Crippen LogP contribution in [0.1, 0.15) is 27.3 Å². The lowest BCUT2D eigenvalue weighted by molar-refractivity contribution is 0.112. The molecule has 2 aromatic carbocycles. The quantitative estimate of drug-likeness (QED) is 0.0693. The standard InChI is InChI=1S/C26H25N7OS3/c1-4-15-27-26(35)29-28-16-22-18(2)30-32(20-11-7-5-8-12-20)24(22)36-37-25-23(17-34)19(3)31-33(25)21-13-9-6-10-14-21/h4-14,16-17H,1,15H2,2-3H3,(H2,27,29,35). The molecule has 0 fully saturated rings. The van der Waals surface area contributed by atoms with Gasteiger partial charge in [0.15, 0.2) is 11.4 Å². The molecule has 8 nitrogen and oxygen atoms in total. The number of benzene rings is 2. The number of nitrogens with zero attached hydrogens (tertiary/aromatic N) is 5. The van der Waals surface area contributed by atoms with Gasteiger partial charge in [0, 0.05) is 6.54 Å². The molecule has 4 aromatic rings. The first kappa shape index (κ1) is 26.4. The number of para-hydroxylation sites is 2. The Labute approximate surface area is 228 Å². The smallest absolute Gasteiger partial charge is 0.187 e. The third-order valence-corrected chi connectivity index (χ3v) is 7.83. The molecule has 2 N–H and O–H groups in total. The number of hydrazone groups is 1. The predicted molar refractivity (Wildman–Crippen MR) is 155 cm³/mol. The Hall–Kier alpha value is -3.67. The summed E-state index contributed by atoms with van der Waals surface area (Å²) in [6, 6.07) is 19.6. The Morgan fingerprint density at radius 2 is 1.46 bits per heavy atom. The highest BCUT2D eigenvalue weighted by Crippen LogP contribution is 2.42. The van der Waals surface area contributed by atoms with E-state index in [0.717, 1.165) is 39.0 Å². The van der Waals surface area contributed by atoms with E-state index in [4.69, 9.17) is 17.3 Å². The van der Waals surface area contributed by atoms with E-state index < -0.39 is 0 Å². The first-order valence-electron chi connectivity index (χ1n) is 11.3. The van der Waals surface area contributed by atoms with E-state index in [1.165, 1.54) is 21.6 Å². The molecule has 0 saturated carbocycles. The van der Waals surface area contributed by atoms with Gasteiger partial charge in [0.25, 0.3) is 0 Å². The van der Waals surface area contributed by atoms with Crippen molar-refractivity contribution in [1.82, 2.24) is 30.3 Å². The van der Waals surface area contributed by atoms with Crippen LogP contribution in [0.4, 0.5) is 0 Å². The lowest BCUT2D eigenvalue weighted by Gasteiger charge is -2.10. The number of thiocarbonyl (C=S) groups is 1. The average Bonchev–Trinajstić information content (AvgIpc) is 3.42. The van der Waals surface area contributed by atoms with E-state index in [-0.39, 0.29) is 0 Å². The second-order valence-corrected chi connectivity index (χ2v) is 10.3. The summed E-state index contributed by atoms with van der Waals surface area (Å²) in [7, 11) is 2.93. The Balaban J connectivity index is 1.71. The van der Waals surface area contributed by atoms with Gasteiger partial charge in [-0.1, -0.05) is 42.5 Å². The van der Waals surface area contributed by atoms with Gasteiger partial charge in [-0.2, -0.15) is 15.3 Å². The zero-order valence-corrected chi connectivity index (χ0v) is 22.7. The number of aromatic nitrogens is 4. The highest BCUT2D eigenvalue weighted by atomic mass is 33.1. The van der Waals surface area contributed by atoms with Crippen LogP contribution in [-0.4, -0.2) is 43.7 Å². The third-order valence-electron chi connectivity index (χ3n) is 5.21. The van der Waals surface area contributed by atoms with Crippen LogP contribution in [0.2, 0.25) is 0 Å². The van der Waals surface area contributed by atoms with Gasteiger partial charge < -0.3 is 5.32 Å². The van der Waals surface area contributed by atoms with E-state index in [0.29, 0.717) is 22.9 Å². The van der Waals surface area contributed by atoms with Gasteiger partial charge in [0.1, 0.15) is 10.1 Å². The van der Waals surface area contributed by atoms with Gasteiger partial charge in [0.2, 0.25) is 0 Å². The Morgan fingerprint density at radius 1 is 0.946 bits per heavy atom. The number of hydrogen-bond donors (Lipinski definition) is 2. The summed E-state index contributed by atoms with van der Waals surface area (Å²) in [4.78, 5) is 12.0. The zero-order valence-electron chi connectivity index (χ0n) is 20.3. The Bertz CT molecular complexity index is 1430. The van der Waals surface area contributed by atoms with Gasteiger partial charge in [0.05, 0.1) is 40.1 Å². The van der Waals surface area contributed by atoms with Crippen LogP contribution in [0.5, 0.6) is 0 Å². The van der Waals surface area contributed by atoms with Gasteiger partial charge in [-0.25, -0.2) is 9.36 Å².